The molecule has 18 heavy (non-hydrogen) atoms. The number of rotatable bonds is 3. The van der Waals surface area contributed by atoms with E-state index in [1.54, 1.807) is 6.07 Å². The highest BCUT2D eigenvalue weighted by molar-refractivity contribution is 7.99. The minimum atomic E-state index is -1.02. The summed E-state index contributed by atoms with van der Waals surface area (Å²) in [6.07, 6.45) is 1.26. The molecule has 0 fully saturated rings. The molecule has 2 rings (SSSR count). The maximum Gasteiger partial charge on any atom is 0.337 e. The van der Waals surface area contributed by atoms with Gasteiger partial charge in [-0.15, -0.1) is 0 Å². The average Bonchev–Trinajstić information content (AvgIpc) is 2.28. The van der Waals surface area contributed by atoms with Crippen LogP contribution in [0.3, 0.4) is 0 Å². The first-order valence-electron chi connectivity index (χ1n) is 4.82. The van der Waals surface area contributed by atoms with Crippen LogP contribution < -0.4 is 11.5 Å². The first kappa shape index (κ1) is 12.1. The topological polar surface area (TPSA) is 128 Å². The highest BCUT2D eigenvalue weighted by atomic mass is 32.2. The summed E-state index contributed by atoms with van der Waals surface area (Å²) in [6, 6.07) is 4.47. The Morgan fingerprint density at radius 1 is 1.22 bits per heavy atom. The van der Waals surface area contributed by atoms with Gasteiger partial charge in [0.1, 0.15) is 16.7 Å². The summed E-state index contributed by atoms with van der Waals surface area (Å²) in [5.74, 6) is -0.484. The molecule has 0 aromatic carbocycles. The van der Waals surface area contributed by atoms with Crippen molar-refractivity contribution in [1.29, 1.82) is 0 Å². The van der Waals surface area contributed by atoms with Gasteiger partial charge < -0.3 is 16.6 Å². The van der Waals surface area contributed by atoms with Crippen molar-refractivity contribution >= 4 is 29.4 Å². The van der Waals surface area contributed by atoms with E-state index in [2.05, 4.69) is 15.0 Å². The van der Waals surface area contributed by atoms with E-state index >= 15 is 0 Å². The molecule has 0 aliphatic heterocycles. The molecule has 0 unspecified atom stereocenters. The van der Waals surface area contributed by atoms with Crippen molar-refractivity contribution < 1.29 is 9.90 Å². The molecule has 2 aromatic rings. The smallest absolute Gasteiger partial charge is 0.337 e. The monoisotopic (exact) mass is 263 g/mol. The number of nitrogens with two attached hydrogens (primary N) is 2. The molecule has 0 aliphatic rings. The lowest BCUT2D eigenvalue weighted by atomic mass is 10.3. The zero-order valence-electron chi connectivity index (χ0n) is 9.07. The lowest BCUT2D eigenvalue weighted by Crippen LogP contribution is -2.00. The summed E-state index contributed by atoms with van der Waals surface area (Å²) < 4.78 is 0. The summed E-state index contributed by atoms with van der Waals surface area (Å²) >= 11 is 1.15. The van der Waals surface area contributed by atoms with Gasteiger partial charge in [-0.3, -0.25) is 0 Å². The summed E-state index contributed by atoms with van der Waals surface area (Å²) in [5, 5.41) is 9.66. The lowest BCUT2D eigenvalue weighted by Gasteiger charge is -2.02. The zero-order valence-corrected chi connectivity index (χ0v) is 9.89. The van der Waals surface area contributed by atoms with Gasteiger partial charge in [-0.05, 0) is 23.9 Å². The van der Waals surface area contributed by atoms with Gasteiger partial charge >= 0.3 is 5.97 Å². The maximum atomic E-state index is 10.7. The molecule has 0 saturated heterocycles. The molecule has 8 heteroatoms. The van der Waals surface area contributed by atoms with E-state index < -0.39 is 5.97 Å². The maximum absolute atomic E-state index is 10.7. The van der Waals surface area contributed by atoms with Crippen molar-refractivity contribution in [1.82, 2.24) is 15.0 Å². The Hall–Kier alpha value is -2.35. The van der Waals surface area contributed by atoms with Crippen LogP contribution in [0, 0.1) is 0 Å². The first-order valence-corrected chi connectivity index (χ1v) is 5.63. The lowest BCUT2D eigenvalue weighted by molar-refractivity contribution is 0.0696. The second-order valence-corrected chi connectivity index (χ2v) is 4.28. The van der Waals surface area contributed by atoms with Crippen molar-refractivity contribution in [2.24, 2.45) is 0 Å². The molecule has 0 bridgehead atoms. The SMILES string of the molecule is Nc1cc(N)nc(Sc2ccc(C(=O)O)cn2)n1. The molecule has 0 aliphatic carbocycles. The molecule has 2 aromatic heterocycles. The zero-order chi connectivity index (χ0) is 13.1. The second kappa shape index (κ2) is 4.88. The Morgan fingerprint density at radius 2 is 1.89 bits per heavy atom. The molecule has 0 radical (unpaired) electrons. The average molecular weight is 263 g/mol. The molecule has 0 atom stereocenters. The molecule has 7 nitrogen and oxygen atoms in total. The number of nitrogens with zero attached hydrogens (tertiary/aromatic N) is 3. The van der Waals surface area contributed by atoms with Crippen molar-refractivity contribution in [3.05, 3.63) is 30.0 Å². The number of aromatic carboxylic acids is 1. The normalized spacial score (nSPS) is 10.2. The van der Waals surface area contributed by atoms with Crippen LogP contribution in [-0.4, -0.2) is 26.0 Å². The molecule has 0 saturated carbocycles. The van der Waals surface area contributed by atoms with Gasteiger partial charge in [0.25, 0.3) is 0 Å². The van der Waals surface area contributed by atoms with Gasteiger partial charge in [0.2, 0.25) is 0 Å². The molecule has 92 valence electrons. The van der Waals surface area contributed by atoms with E-state index in [0.29, 0.717) is 10.2 Å². The van der Waals surface area contributed by atoms with Crippen LogP contribution in [0.15, 0.2) is 34.6 Å². The largest absolute Gasteiger partial charge is 0.478 e. The van der Waals surface area contributed by atoms with Gasteiger partial charge in [0, 0.05) is 12.3 Å². The second-order valence-electron chi connectivity index (χ2n) is 3.29. The fourth-order valence-electron chi connectivity index (χ4n) is 1.17. The highest BCUT2D eigenvalue weighted by Crippen LogP contribution is 2.24. The van der Waals surface area contributed by atoms with Crippen LogP contribution in [0.5, 0.6) is 0 Å². The van der Waals surface area contributed by atoms with Crippen LogP contribution in [0.4, 0.5) is 11.6 Å². The standard InChI is InChI=1S/C10H9N5O2S/c11-6-3-7(12)15-10(14-6)18-8-2-1-5(4-13-8)9(16)17/h1-4H,(H,16,17)(H4,11,12,14,15). The van der Waals surface area contributed by atoms with Gasteiger partial charge in [-0.2, -0.15) is 0 Å². The fraction of sp³-hybridized carbons (Fsp3) is 0. The van der Waals surface area contributed by atoms with E-state index in [-0.39, 0.29) is 17.2 Å². The van der Waals surface area contributed by atoms with E-state index in [1.807, 2.05) is 0 Å². The Bertz CT molecular complexity index is 567. The minimum Gasteiger partial charge on any atom is -0.478 e. The van der Waals surface area contributed by atoms with Crippen molar-refractivity contribution in [2.75, 3.05) is 11.5 Å². The Labute approximate surface area is 106 Å². The van der Waals surface area contributed by atoms with Crippen LogP contribution in [0.1, 0.15) is 10.4 Å². The van der Waals surface area contributed by atoms with Crippen LogP contribution in [0.2, 0.25) is 0 Å². The van der Waals surface area contributed by atoms with Crippen molar-refractivity contribution in [3.63, 3.8) is 0 Å². The molecular formula is C10H9N5O2S. The Kier molecular flexibility index (Phi) is 3.28. The van der Waals surface area contributed by atoms with Crippen LogP contribution >= 0.6 is 11.8 Å². The number of carboxylic acids is 1. The number of aromatic nitrogens is 3. The molecule has 0 amide bonds. The van der Waals surface area contributed by atoms with E-state index in [1.165, 1.54) is 18.3 Å². The summed E-state index contributed by atoms with van der Waals surface area (Å²) in [4.78, 5) is 22.6. The fourth-order valence-corrected chi connectivity index (χ4v) is 1.90. The highest BCUT2D eigenvalue weighted by Gasteiger charge is 2.06. The number of nitrogen functional groups attached to an aromatic ring is 2. The summed E-state index contributed by atoms with van der Waals surface area (Å²) in [7, 11) is 0. The van der Waals surface area contributed by atoms with E-state index in [9.17, 15) is 4.79 Å². The van der Waals surface area contributed by atoms with Crippen molar-refractivity contribution in [3.8, 4) is 0 Å². The minimum absolute atomic E-state index is 0.118. The predicted molar refractivity (Wildman–Crippen MR) is 66.2 cm³/mol. The summed E-state index contributed by atoms with van der Waals surface area (Å²) in [5.41, 5.74) is 11.2. The number of carbonyl (C=O) groups is 1. The molecule has 0 spiro atoms. The number of anilines is 2. The first-order chi connectivity index (χ1) is 8.54. The predicted octanol–water partition coefficient (Wildman–Crippen LogP) is 0.885. The van der Waals surface area contributed by atoms with Gasteiger partial charge in [-0.25, -0.2) is 19.7 Å². The van der Waals surface area contributed by atoms with E-state index in [4.69, 9.17) is 16.6 Å². The number of pyridine rings is 1. The summed E-state index contributed by atoms with van der Waals surface area (Å²) in [6.45, 7) is 0. The van der Waals surface area contributed by atoms with Gasteiger partial charge in [-0.1, -0.05) is 0 Å². The quantitative estimate of drug-likeness (QED) is 0.696. The Balaban J connectivity index is 2.20. The number of hydrogen-bond donors (Lipinski definition) is 3. The third-order valence-electron chi connectivity index (χ3n) is 1.92. The van der Waals surface area contributed by atoms with E-state index in [0.717, 1.165) is 11.8 Å². The Morgan fingerprint density at radius 3 is 2.39 bits per heavy atom. The van der Waals surface area contributed by atoms with Gasteiger partial charge in [0.15, 0.2) is 5.16 Å². The van der Waals surface area contributed by atoms with Crippen molar-refractivity contribution in [2.45, 2.75) is 10.2 Å². The van der Waals surface area contributed by atoms with Gasteiger partial charge in [0.05, 0.1) is 5.56 Å². The molecule has 2 heterocycles. The number of carboxylic acid groups (broad SMARTS) is 1. The van der Waals surface area contributed by atoms with Crippen LogP contribution in [-0.2, 0) is 0 Å². The van der Waals surface area contributed by atoms with Crippen LogP contribution in [0.25, 0.3) is 0 Å². The molecule has 5 N–H and O–H groups in total. The number of hydrogen-bond acceptors (Lipinski definition) is 7. The third-order valence-corrected chi connectivity index (χ3v) is 2.74. The third kappa shape index (κ3) is 2.86. The molecular weight excluding hydrogens is 254 g/mol.